The van der Waals surface area contributed by atoms with Crippen molar-refractivity contribution in [3.63, 3.8) is 0 Å². The van der Waals surface area contributed by atoms with Crippen LogP contribution < -0.4 is 19.1 Å². The number of carbonyl (C=O) groups is 1. The second kappa shape index (κ2) is 7.95. The average molecular weight is 370 g/mol. The molecule has 0 unspecified atom stereocenters. The first-order valence-corrected chi connectivity index (χ1v) is 10.2. The fourth-order valence-electron chi connectivity index (χ4n) is 2.61. The fourth-order valence-corrected chi connectivity index (χ4v) is 3.78. The topological polar surface area (TPSA) is 84.9 Å². The number of hydrogen-bond donors (Lipinski definition) is 1. The van der Waals surface area contributed by atoms with E-state index in [0.29, 0.717) is 42.9 Å². The van der Waals surface area contributed by atoms with Crippen LogP contribution in [0.4, 0.5) is 5.69 Å². The van der Waals surface area contributed by atoms with E-state index in [0.717, 1.165) is 17.0 Å². The first-order valence-electron chi connectivity index (χ1n) is 8.37. The molecule has 1 aromatic carbocycles. The lowest BCUT2D eigenvalue weighted by Crippen LogP contribution is -2.48. The summed E-state index contributed by atoms with van der Waals surface area (Å²) >= 11 is 0. The predicted octanol–water partition coefficient (Wildman–Crippen LogP) is 1.77. The van der Waals surface area contributed by atoms with Crippen molar-refractivity contribution >= 4 is 21.6 Å². The van der Waals surface area contributed by atoms with E-state index in [9.17, 15) is 13.2 Å². The summed E-state index contributed by atoms with van der Waals surface area (Å²) in [5, 5.41) is 2.80. The Labute approximate surface area is 149 Å². The molecule has 25 heavy (non-hydrogen) atoms. The molecule has 1 atom stereocenters. The van der Waals surface area contributed by atoms with Crippen molar-refractivity contribution in [3.8, 4) is 11.5 Å². The summed E-state index contributed by atoms with van der Waals surface area (Å²) < 4.78 is 36.7. The molecule has 8 heteroatoms. The lowest BCUT2D eigenvalue weighted by Gasteiger charge is -2.29. The number of rotatable bonds is 7. The Kier molecular flexibility index (Phi) is 6.16. The van der Waals surface area contributed by atoms with Crippen LogP contribution in [0, 0.1) is 5.92 Å². The Morgan fingerprint density at radius 2 is 1.84 bits per heavy atom. The molecule has 0 fully saturated rings. The van der Waals surface area contributed by atoms with Gasteiger partial charge in [0.25, 0.3) is 0 Å². The van der Waals surface area contributed by atoms with Gasteiger partial charge in [-0.2, -0.15) is 0 Å². The Morgan fingerprint density at radius 1 is 1.20 bits per heavy atom. The van der Waals surface area contributed by atoms with Crippen LogP contribution in [0.1, 0.15) is 27.2 Å². The van der Waals surface area contributed by atoms with Crippen molar-refractivity contribution in [2.24, 2.45) is 5.92 Å². The number of ether oxygens (including phenoxy) is 2. The van der Waals surface area contributed by atoms with Gasteiger partial charge in [0.15, 0.2) is 11.5 Å². The molecule has 1 aliphatic rings. The van der Waals surface area contributed by atoms with Crippen LogP contribution in [0.5, 0.6) is 11.5 Å². The number of nitrogens with zero attached hydrogens (tertiary/aromatic N) is 1. The van der Waals surface area contributed by atoms with Gasteiger partial charge in [-0.15, -0.1) is 0 Å². The molecule has 1 heterocycles. The van der Waals surface area contributed by atoms with Crippen molar-refractivity contribution in [2.75, 3.05) is 30.3 Å². The molecular formula is C17H26N2O5S. The van der Waals surface area contributed by atoms with Crippen molar-refractivity contribution in [1.29, 1.82) is 0 Å². The zero-order valence-electron chi connectivity index (χ0n) is 15.1. The van der Waals surface area contributed by atoms with Crippen molar-refractivity contribution in [2.45, 2.75) is 33.2 Å². The maximum atomic E-state index is 12.4. The first-order chi connectivity index (χ1) is 11.7. The number of amides is 1. The van der Waals surface area contributed by atoms with Crippen molar-refractivity contribution in [1.82, 2.24) is 5.32 Å². The van der Waals surface area contributed by atoms with Crippen molar-refractivity contribution < 1.29 is 22.7 Å². The standard InChI is InChI=1S/C17H26N2O5S/c1-12(2)7-8-18-17(20)13(3)19(25(4,21)22)14-5-6-15-16(11-14)24-10-9-23-15/h5-6,11-13H,7-10H2,1-4H3,(H,18,20)/t13-/m0/s1. The molecule has 0 spiro atoms. The lowest BCUT2D eigenvalue weighted by atomic mass is 10.1. The highest BCUT2D eigenvalue weighted by atomic mass is 32.2. The van der Waals surface area contributed by atoms with Crippen LogP contribution in [-0.4, -0.2) is 46.4 Å². The van der Waals surface area contributed by atoms with Crippen LogP contribution in [0.25, 0.3) is 0 Å². The van der Waals surface area contributed by atoms with Gasteiger partial charge < -0.3 is 14.8 Å². The molecule has 0 bridgehead atoms. The van der Waals surface area contributed by atoms with E-state index in [1.54, 1.807) is 25.1 Å². The van der Waals surface area contributed by atoms with Gasteiger partial charge in [0.1, 0.15) is 19.3 Å². The number of fused-ring (bicyclic) bond motifs is 1. The Morgan fingerprint density at radius 3 is 2.44 bits per heavy atom. The predicted molar refractivity (Wildman–Crippen MR) is 96.7 cm³/mol. The SMILES string of the molecule is CC(C)CCNC(=O)[C@H](C)N(c1ccc2c(c1)OCCO2)S(C)(=O)=O. The van der Waals surface area contributed by atoms with Gasteiger partial charge in [-0.25, -0.2) is 8.42 Å². The van der Waals surface area contributed by atoms with Crippen LogP contribution in [0.2, 0.25) is 0 Å². The third-order valence-corrected chi connectivity index (χ3v) is 5.13. The molecule has 0 aromatic heterocycles. The van der Waals surface area contributed by atoms with E-state index in [2.05, 4.69) is 19.2 Å². The van der Waals surface area contributed by atoms with Crippen LogP contribution in [-0.2, 0) is 14.8 Å². The molecule has 0 saturated carbocycles. The summed E-state index contributed by atoms with van der Waals surface area (Å²) in [6, 6.07) is 4.00. The highest BCUT2D eigenvalue weighted by Gasteiger charge is 2.30. The molecule has 1 aliphatic heterocycles. The number of nitrogens with one attached hydrogen (secondary N) is 1. The highest BCUT2D eigenvalue weighted by molar-refractivity contribution is 7.92. The summed E-state index contributed by atoms with van der Waals surface area (Å²) in [5.41, 5.74) is 0.373. The number of anilines is 1. The fraction of sp³-hybridized carbons (Fsp3) is 0.588. The van der Waals surface area contributed by atoms with Crippen molar-refractivity contribution in [3.05, 3.63) is 18.2 Å². The van der Waals surface area contributed by atoms with Crippen LogP contribution >= 0.6 is 0 Å². The van der Waals surface area contributed by atoms with Gasteiger partial charge in [0.05, 0.1) is 11.9 Å². The van der Waals surface area contributed by atoms with Gasteiger partial charge in [-0.3, -0.25) is 9.10 Å². The normalized spacial score (nSPS) is 14.9. The Bertz CT molecular complexity index is 718. The van der Waals surface area contributed by atoms with Gasteiger partial charge in [0.2, 0.25) is 15.9 Å². The van der Waals surface area contributed by atoms with E-state index in [-0.39, 0.29) is 5.91 Å². The smallest absolute Gasteiger partial charge is 0.243 e. The third kappa shape index (κ3) is 5.01. The van der Waals surface area contributed by atoms with E-state index in [1.165, 1.54) is 0 Å². The highest BCUT2D eigenvalue weighted by Crippen LogP contribution is 2.35. The summed E-state index contributed by atoms with van der Waals surface area (Å²) in [6.45, 7) is 7.07. The monoisotopic (exact) mass is 370 g/mol. The number of benzene rings is 1. The molecule has 1 amide bonds. The number of carbonyl (C=O) groups excluding carboxylic acids is 1. The zero-order valence-corrected chi connectivity index (χ0v) is 15.9. The molecule has 140 valence electrons. The van der Waals surface area contributed by atoms with E-state index < -0.39 is 16.1 Å². The van der Waals surface area contributed by atoms with E-state index in [1.807, 2.05) is 0 Å². The first kappa shape index (κ1) is 19.4. The largest absolute Gasteiger partial charge is 0.486 e. The van der Waals surface area contributed by atoms with Gasteiger partial charge in [0, 0.05) is 12.6 Å². The molecule has 2 rings (SSSR count). The summed E-state index contributed by atoms with van der Waals surface area (Å²) in [4.78, 5) is 12.4. The number of sulfonamides is 1. The number of hydrogen-bond acceptors (Lipinski definition) is 5. The summed E-state index contributed by atoms with van der Waals surface area (Å²) in [5.74, 6) is 1.17. The van der Waals surface area contributed by atoms with Gasteiger partial charge in [-0.1, -0.05) is 13.8 Å². The van der Waals surface area contributed by atoms with E-state index in [4.69, 9.17) is 9.47 Å². The van der Waals surface area contributed by atoms with E-state index >= 15 is 0 Å². The maximum absolute atomic E-state index is 12.4. The molecule has 7 nitrogen and oxygen atoms in total. The molecule has 1 N–H and O–H groups in total. The molecule has 0 radical (unpaired) electrons. The average Bonchev–Trinajstić information content (AvgIpc) is 2.53. The minimum absolute atomic E-state index is 0.332. The maximum Gasteiger partial charge on any atom is 0.243 e. The van der Waals surface area contributed by atoms with Gasteiger partial charge >= 0.3 is 0 Å². The second-order valence-corrected chi connectivity index (χ2v) is 8.40. The Balaban J connectivity index is 2.23. The van der Waals surface area contributed by atoms with Gasteiger partial charge in [-0.05, 0) is 31.4 Å². The Hall–Kier alpha value is -1.96. The molecular weight excluding hydrogens is 344 g/mol. The zero-order chi connectivity index (χ0) is 18.6. The lowest BCUT2D eigenvalue weighted by molar-refractivity contribution is -0.121. The minimum atomic E-state index is -3.65. The summed E-state index contributed by atoms with van der Waals surface area (Å²) in [6.07, 6.45) is 1.92. The van der Waals surface area contributed by atoms with Crippen LogP contribution in [0.3, 0.4) is 0 Å². The van der Waals surface area contributed by atoms with Crippen LogP contribution in [0.15, 0.2) is 18.2 Å². The third-order valence-electron chi connectivity index (χ3n) is 3.89. The summed E-state index contributed by atoms with van der Waals surface area (Å²) in [7, 11) is -3.65. The second-order valence-electron chi connectivity index (χ2n) is 6.54. The molecule has 0 aliphatic carbocycles. The molecule has 1 aromatic rings. The molecule has 0 saturated heterocycles. The minimum Gasteiger partial charge on any atom is -0.486 e. The quantitative estimate of drug-likeness (QED) is 0.791.